The van der Waals surface area contributed by atoms with Gasteiger partial charge in [0.05, 0.1) is 0 Å². The van der Waals surface area contributed by atoms with Crippen molar-refractivity contribution in [3.8, 4) is 0 Å². The second-order valence-electron chi connectivity index (χ2n) is 5.51. The van der Waals surface area contributed by atoms with Gasteiger partial charge in [-0.2, -0.15) is 0 Å². The molecule has 1 fully saturated rings. The smallest absolute Gasteiger partial charge is 0.317 e. The fourth-order valence-electron chi connectivity index (χ4n) is 2.84. The molecular weight excluding hydrogens is 238 g/mol. The molecule has 2 amide bonds. The van der Waals surface area contributed by atoms with Crippen molar-refractivity contribution in [3.05, 3.63) is 11.6 Å². The Kier molecular flexibility index (Phi) is 5.70. The summed E-state index contributed by atoms with van der Waals surface area (Å²) in [6, 6.07) is 0.118. The Morgan fingerprint density at radius 2 is 2.05 bits per heavy atom. The fourth-order valence-corrected chi connectivity index (χ4v) is 2.84. The number of hydrogen-bond acceptors (Lipinski definition) is 2. The number of nitrogens with zero attached hydrogens (tertiary/aromatic N) is 2. The normalized spacial score (nSPS) is 21.1. The van der Waals surface area contributed by atoms with E-state index in [1.807, 2.05) is 4.90 Å². The van der Waals surface area contributed by atoms with Gasteiger partial charge in [-0.15, -0.1) is 0 Å². The highest BCUT2D eigenvalue weighted by Gasteiger charge is 2.19. The Morgan fingerprint density at radius 3 is 2.68 bits per heavy atom. The summed E-state index contributed by atoms with van der Waals surface area (Å²) in [5.74, 6) is 0. The van der Waals surface area contributed by atoms with Crippen LogP contribution in [0.5, 0.6) is 0 Å². The van der Waals surface area contributed by atoms with Crippen LogP contribution in [-0.2, 0) is 0 Å². The SMILES string of the molecule is CCN1CCN(C(=O)NCCC2=CCCCC2)CC1. The summed E-state index contributed by atoms with van der Waals surface area (Å²) in [5, 5.41) is 3.06. The van der Waals surface area contributed by atoms with Crippen molar-refractivity contribution in [2.24, 2.45) is 0 Å². The molecule has 0 aromatic carbocycles. The Balaban J connectivity index is 1.63. The molecule has 2 rings (SSSR count). The third kappa shape index (κ3) is 4.53. The van der Waals surface area contributed by atoms with Gasteiger partial charge < -0.3 is 15.1 Å². The molecule has 19 heavy (non-hydrogen) atoms. The van der Waals surface area contributed by atoms with Crippen LogP contribution in [0.1, 0.15) is 39.0 Å². The Bertz CT molecular complexity index is 319. The molecule has 0 bridgehead atoms. The lowest BCUT2D eigenvalue weighted by molar-refractivity contribution is 0.143. The zero-order valence-corrected chi connectivity index (χ0v) is 12.2. The summed E-state index contributed by atoms with van der Waals surface area (Å²) in [6.07, 6.45) is 8.49. The lowest BCUT2D eigenvalue weighted by Gasteiger charge is -2.34. The van der Waals surface area contributed by atoms with E-state index in [0.717, 1.165) is 45.7 Å². The van der Waals surface area contributed by atoms with E-state index < -0.39 is 0 Å². The van der Waals surface area contributed by atoms with Crippen LogP contribution in [0.2, 0.25) is 0 Å². The van der Waals surface area contributed by atoms with Gasteiger partial charge >= 0.3 is 6.03 Å². The maximum atomic E-state index is 12.0. The van der Waals surface area contributed by atoms with Gasteiger partial charge in [0, 0.05) is 32.7 Å². The minimum atomic E-state index is 0.118. The summed E-state index contributed by atoms with van der Waals surface area (Å²) in [6.45, 7) is 7.80. The van der Waals surface area contributed by atoms with E-state index in [1.54, 1.807) is 0 Å². The topological polar surface area (TPSA) is 35.6 Å². The van der Waals surface area contributed by atoms with Crippen molar-refractivity contribution >= 4 is 6.03 Å². The van der Waals surface area contributed by atoms with Gasteiger partial charge in [-0.3, -0.25) is 0 Å². The average Bonchev–Trinajstić information content (AvgIpc) is 2.48. The molecule has 0 spiro atoms. The largest absolute Gasteiger partial charge is 0.338 e. The van der Waals surface area contributed by atoms with Crippen molar-refractivity contribution < 1.29 is 4.79 Å². The van der Waals surface area contributed by atoms with Crippen LogP contribution >= 0.6 is 0 Å². The standard InChI is InChI=1S/C15H27N3O/c1-2-17-10-12-18(13-11-17)15(19)16-9-8-14-6-4-3-5-7-14/h6H,2-5,7-13H2,1H3,(H,16,19). The molecule has 0 atom stereocenters. The molecule has 1 saturated heterocycles. The lowest BCUT2D eigenvalue weighted by atomic mass is 9.97. The molecule has 4 heteroatoms. The first-order valence-corrected chi connectivity index (χ1v) is 7.72. The molecule has 1 heterocycles. The Morgan fingerprint density at radius 1 is 1.26 bits per heavy atom. The van der Waals surface area contributed by atoms with Gasteiger partial charge in [0.2, 0.25) is 0 Å². The average molecular weight is 265 g/mol. The fraction of sp³-hybridized carbons (Fsp3) is 0.800. The van der Waals surface area contributed by atoms with E-state index in [-0.39, 0.29) is 6.03 Å². The number of amides is 2. The molecule has 2 aliphatic rings. The minimum Gasteiger partial charge on any atom is -0.338 e. The first-order valence-electron chi connectivity index (χ1n) is 7.72. The van der Waals surface area contributed by atoms with Gasteiger partial charge in [-0.05, 0) is 38.6 Å². The summed E-state index contributed by atoms with van der Waals surface area (Å²) in [7, 11) is 0. The first-order chi connectivity index (χ1) is 9.29. The zero-order valence-electron chi connectivity index (χ0n) is 12.2. The molecule has 0 radical (unpaired) electrons. The highest BCUT2D eigenvalue weighted by atomic mass is 16.2. The van der Waals surface area contributed by atoms with Crippen LogP contribution in [0.25, 0.3) is 0 Å². The third-order valence-electron chi connectivity index (χ3n) is 4.21. The van der Waals surface area contributed by atoms with Crippen molar-refractivity contribution in [2.75, 3.05) is 39.3 Å². The quantitative estimate of drug-likeness (QED) is 0.791. The number of likely N-dealkylation sites (N-methyl/N-ethyl adjacent to an activating group) is 1. The van der Waals surface area contributed by atoms with Gasteiger partial charge in [-0.25, -0.2) is 4.79 Å². The first kappa shape index (κ1) is 14.4. The zero-order chi connectivity index (χ0) is 13.5. The summed E-state index contributed by atoms with van der Waals surface area (Å²) < 4.78 is 0. The number of allylic oxidation sites excluding steroid dienone is 1. The molecule has 1 aliphatic carbocycles. The molecule has 0 aromatic rings. The van der Waals surface area contributed by atoms with E-state index in [2.05, 4.69) is 23.2 Å². The van der Waals surface area contributed by atoms with Crippen LogP contribution in [0.15, 0.2) is 11.6 Å². The number of carbonyl (C=O) groups excluding carboxylic acids is 1. The number of piperazine rings is 1. The summed E-state index contributed by atoms with van der Waals surface area (Å²) in [5.41, 5.74) is 1.53. The molecule has 108 valence electrons. The van der Waals surface area contributed by atoms with Crippen LogP contribution < -0.4 is 5.32 Å². The maximum Gasteiger partial charge on any atom is 0.317 e. The predicted molar refractivity (Wildman–Crippen MR) is 78.3 cm³/mol. The highest BCUT2D eigenvalue weighted by Crippen LogP contribution is 2.19. The maximum absolute atomic E-state index is 12.0. The van der Waals surface area contributed by atoms with Crippen molar-refractivity contribution in [1.29, 1.82) is 0 Å². The van der Waals surface area contributed by atoms with Crippen molar-refractivity contribution in [1.82, 2.24) is 15.1 Å². The number of hydrogen-bond donors (Lipinski definition) is 1. The Hall–Kier alpha value is -1.03. The second kappa shape index (κ2) is 7.53. The monoisotopic (exact) mass is 265 g/mol. The molecule has 0 aromatic heterocycles. The predicted octanol–water partition coefficient (Wildman–Crippen LogP) is 2.22. The van der Waals surface area contributed by atoms with E-state index in [9.17, 15) is 4.79 Å². The van der Waals surface area contributed by atoms with Gasteiger partial charge in [0.25, 0.3) is 0 Å². The van der Waals surface area contributed by atoms with Crippen LogP contribution in [0, 0.1) is 0 Å². The van der Waals surface area contributed by atoms with Gasteiger partial charge in [-0.1, -0.05) is 18.6 Å². The van der Waals surface area contributed by atoms with Crippen LogP contribution in [0.3, 0.4) is 0 Å². The Labute approximate surface area is 116 Å². The van der Waals surface area contributed by atoms with Crippen molar-refractivity contribution in [2.45, 2.75) is 39.0 Å². The third-order valence-corrected chi connectivity index (χ3v) is 4.21. The minimum absolute atomic E-state index is 0.118. The lowest BCUT2D eigenvalue weighted by Crippen LogP contribution is -2.51. The summed E-state index contributed by atoms with van der Waals surface area (Å²) >= 11 is 0. The number of nitrogens with one attached hydrogen (secondary N) is 1. The molecule has 0 unspecified atom stereocenters. The van der Waals surface area contributed by atoms with E-state index in [0.29, 0.717) is 0 Å². The number of urea groups is 1. The van der Waals surface area contributed by atoms with Crippen LogP contribution in [0.4, 0.5) is 4.79 Å². The van der Waals surface area contributed by atoms with Crippen LogP contribution in [-0.4, -0.2) is 55.1 Å². The highest BCUT2D eigenvalue weighted by molar-refractivity contribution is 5.74. The van der Waals surface area contributed by atoms with Crippen molar-refractivity contribution in [3.63, 3.8) is 0 Å². The molecule has 4 nitrogen and oxygen atoms in total. The van der Waals surface area contributed by atoms with E-state index in [1.165, 1.54) is 31.3 Å². The second-order valence-corrected chi connectivity index (χ2v) is 5.51. The number of carbonyl (C=O) groups is 1. The number of rotatable bonds is 4. The molecular formula is C15H27N3O. The van der Waals surface area contributed by atoms with Gasteiger partial charge in [0.15, 0.2) is 0 Å². The molecule has 1 aliphatic heterocycles. The summed E-state index contributed by atoms with van der Waals surface area (Å²) in [4.78, 5) is 16.3. The molecule has 0 saturated carbocycles. The molecule has 1 N–H and O–H groups in total. The van der Waals surface area contributed by atoms with E-state index in [4.69, 9.17) is 0 Å². The van der Waals surface area contributed by atoms with Gasteiger partial charge in [0.1, 0.15) is 0 Å². The van der Waals surface area contributed by atoms with E-state index >= 15 is 0 Å².